The largest absolute Gasteiger partial charge is 0.497 e. The van der Waals surface area contributed by atoms with Gasteiger partial charge in [0.2, 0.25) is 0 Å². The molecule has 0 saturated heterocycles. The van der Waals surface area contributed by atoms with E-state index in [0.29, 0.717) is 5.95 Å². The van der Waals surface area contributed by atoms with Crippen molar-refractivity contribution >= 4 is 6.08 Å². The van der Waals surface area contributed by atoms with Gasteiger partial charge in [0.25, 0.3) is 5.95 Å². The fourth-order valence-corrected chi connectivity index (χ4v) is 1.59. The summed E-state index contributed by atoms with van der Waals surface area (Å²) in [6.07, 6.45) is 8.64. The van der Waals surface area contributed by atoms with E-state index in [1.165, 1.54) is 0 Å². The number of hydrogen-bond acceptors (Lipinski definition) is 3. The van der Waals surface area contributed by atoms with Crippen LogP contribution >= 0.6 is 0 Å². The SMILES string of the molecule is COC1=CCC=C(C=Cc2ccc(OC)cc2)O1. The van der Waals surface area contributed by atoms with E-state index in [2.05, 4.69) is 0 Å². The molecule has 18 heavy (non-hydrogen) atoms. The number of benzene rings is 1. The van der Waals surface area contributed by atoms with Crippen LogP contribution in [0.15, 0.2) is 54.2 Å². The zero-order valence-electron chi connectivity index (χ0n) is 10.6. The second-order valence-electron chi connectivity index (χ2n) is 3.78. The Balaban J connectivity index is 2.00. The first-order chi connectivity index (χ1) is 8.81. The molecule has 0 atom stereocenters. The Bertz CT molecular complexity index is 481. The van der Waals surface area contributed by atoms with Gasteiger partial charge >= 0.3 is 0 Å². The Morgan fingerprint density at radius 2 is 1.78 bits per heavy atom. The minimum atomic E-state index is 0.548. The predicted octanol–water partition coefficient (Wildman–Crippen LogP) is 3.50. The third-order valence-electron chi connectivity index (χ3n) is 2.58. The van der Waals surface area contributed by atoms with Crippen molar-refractivity contribution in [3.63, 3.8) is 0 Å². The number of methoxy groups -OCH3 is 2. The van der Waals surface area contributed by atoms with Crippen molar-refractivity contribution in [2.75, 3.05) is 14.2 Å². The van der Waals surface area contributed by atoms with Crippen LogP contribution in [0, 0.1) is 0 Å². The van der Waals surface area contributed by atoms with E-state index >= 15 is 0 Å². The van der Waals surface area contributed by atoms with E-state index in [0.717, 1.165) is 23.5 Å². The minimum Gasteiger partial charge on any atom is -0.497 e. The molecule has 1 aliphatic rings. The monoisotopic (exact) mass is 244 g/mol. The third kappa shape index (κ3) is 3.17. The van der Waals surface area contributed by atoms with Gasteiger partial charge in [0.1, 0.15) is 11.5 Å². The van der Waals surface area contributed by atoms with Crippen LogP contribution < -0.4 is 4.74 Å². The number of rotatable bonds is 4. The maximum atomic E-state index is 5.49. The topological polar surface area (TPSA) is 27.7 Å². The predicted molar refractivity (Wildman–Crippen MR) is 70.9 cm³/mol. The zero-order chi connectivity index (χ0) is 12.8. The first-order valence-electron chi connectivity index (χ1n) is 5.76. The second kappa shape index (κ2) is 5.96. The minimum absolute atomic E-state index is 0.548. The van der Waals surface area contributed by atoms with Gasteiger partial charge in [-0.05, 0) is 36.3 Å². The van der Waals surface area contributed by atoms with Crippen molar-refractivity contribution in [2.45, 2.75) is 6.42 Å². The standard InChI is InChI=1S/C15H16O3/c1-16-13-9-6-12(7-10-13)8-11-14-4-3-5-15(17-2)18-14/h4-11H,3H2,1-2H3. The van der Waals surface area contributed by atoms with Gasteiger partial charge in [0.05, 0.1) is 14.2 Å². The molecular weight excluding hydrogens is 228 g/mol. The molecule has 0 N–H and O–H groups in total. The molecule has 0 aromatic heterocycles. The Morgan fingerprint density at radius 1 is 1.00 bits per heavy atom. The molecule has 0 unspecified atom stereocenters. The molecule has 0 saturated carbocycles. The average Bonchev–Trinajstić information content (AvgIpc) is 2.46. The summed E-state index contributed by atoms with van der Waals surface area (Å²) in [5, 5.41) is 0. The second-order valence-corrected chi connectivity index (χ2v) is 3.78. The van der Waals surface area contributed by atoms with Crippen LogP contribution in [0.5, 0.6) is 5.75 Å². The lowest BCUT2D eigenvalue weighted by Gasteiger charge is -2.12. The highest BCUT2D eigenvalue weighted by Crippen LogP contribution is 2.18. The van der Waals surface area contributed by atoms with E-state index in [1.807, 2.05) is 48.6 Å². The van der Waals surface area contributed by atoms with Gasteiger partial charge in [0, 0.05) is 6.08 Å². The number of hydrogen-bond donors (Lipinski definition) is 0. The van der Waals surface area contributed by atoms with Crippen LogP contribution in [0.3, 0.4) is 0 Å². The van der Waals surface area contributed by atoms with Gasteiger partial charge in [-0.15, -0.1) is 0 Å². The molecule has 1 aliphatic heterocycles. The van der Waals surface area contributed by atoms with Gasteiger partial charge in [-0.3, -0.25) is 0 Å². The highest BCUT2D eigenvalue weighted by atomic mass is 16.7. The van der Waals surface area contributed by atoms with Crippen molar-refractivity contribution in [1.82, 2.24) is 0 Å². The molecule has 0 radical (unpaired) electrons. The molecule has 1 heterocycles. The quantitative estimate of drug-likeness (QED) is 0.811. The first kappa shape index (κ1) is 12.3. The summed E-state index contributed by atoms with van der Waals surface area (Å²) in [4.78, 5) is 0. The molecule has 0 fully saturated rings. The summed E-state index contributed by atoms with van der Waals surface area (Å²) in [5.74, 6) is 2.20. The highest BCUT2D eigenvalue weighted by molar-refractivity contribution is 5.53. The van der Waals surface area contributed by atoms with Crippen LogP contribution in [0.25, 0.3) is 6.08 Å². The van der Waals surface area contributed by atoms with Gasteiger partial charge in [-0.2, -0.15) is 0 Å². The van der Waals surface area contributed by atoms with E-state index in [-0.39, 0.29) is 0 Å². The van der Waals surface area contributed by atoms with Gasteiger partial charge in [-0.1, -0.05) is 18.2 Å². The summed E-state index contributed by atoms with van der Waals surface area (Å²) in [5.41, 5.74) is 1.09. The average molecular weight is 244 g/mol. The van der Waals surface area contributed by atoms with Crippen LogP contribution in [-0.4, -0.2) is 14.2 Å². The molecule has 3 nitrogen and oxygen atoms in total. The maximum Gasteiger partial charge on any atom is 0.280 e. The highest BCUT2D eigenvalue weighted by Gasteiger charge is 2.04. The molecule has 94 valence electrons. The van der Waals surface area contributed by atoms with Gasteiger partial charge in [0.15, 0.2) is 0 Å². The summed E-state index contributed by atoms with van der Waals surface area (Å²) in [6.45, 7) is 0. The molecule has 3 heteroatoms. The molecule has 2 rings (SSSR count). The van der Waals surface area contributed by atoms with Crippen molar-refractivity contribution < 1.29 is 14.2 Å². The van der Waals surface area contributed by atoms with E-state index in [9.17, 15) is 0 Å². The lowest BCUT2D eigenvalue weighted by Crippen LogP contribution is -1.97. The van der Waals surface area contributed by atoms with Crippen LogP contribution in [-0.2, 0) is 9.47 Å². The Labute approximate surface area is 107 Å². The van der Waals surface area contributed by atoms with Crippen LogP contribution in [0.1, 0.15) is 12.0 Å². The molecular formula is C15H16O3. The third-order valence-corrected chi connectivity index (χ3v) is 2.58. The maximum absolute atomic E-state index is 5.49. The summed E-state index contributed by atoms with van der Waals surface area (Å²) >= 11 is 0. The molecule has 0 aliphatic carbocycles. The van der Waals surface area contributed by atoms with Gasteiger partial charge in [-0.25, -0.2) is 0 Å². The first-order valence-corrected chi connectivity index (χ1v) is 5.76. The summed E-state index contributed by atoms with van der Waals surface area (Å²) in [7, 11) is 3.26. The molecule has 1 aromatic rings. The smallest absolute Gasteiger partial charge is 0.280 e. The lowest BCUT2D eigenvalue weighted by atomic mass is 10.2. The van der Waals surface area contributed by atoms with Crippen molar-refractivity contribution in [3.05, 3.63) is 59.8 Å². The Kier molecular flexibility index (Phi) is 4.07. The lowest BCUT2D eigenvalue weighted by molar-refractivity contribution is 0.104. The Hall–Kier alpha value is -2.16. The molecule has 0 spiro atoms. The zero-order valence-corrected chi connectivity index (χ0v) is 10.6. The number of allylic oxidation sites excluding steroid dienone is 3. The Morgan fingerprint density at radius 3 is 2.44 bits per heavy atom. The van der Waals surface area contributed by atoms with Crippen LogP contribution in [0.2, 0.25) is 0 Å². The summed E-state index contributed by atoms with van der Waals surface area (Å²) in [6, 6.07) is 7.84. The fourth-order valence-electron chi connectivity index (χ4n) is 1.59. The summed E-state index contributed by atoms with van der Waals surface area (Å²) < 4.78 is 15.7. The van der Waals surface area contributed by atoms with E-state index < -0.39 is 0 Å². The normalized spacial score (nSPS) is 14.8. The van der Waals surface area contributed by atoms with Crippen molar-refractivity contribution in [1.29, 1.82) is 0 Å². The fraction of sp³-hybridized carbons (Fsp3) is 0.200. The van der Waals surface area contributed by atoms with E-state index in [1.54, 1.807) is 14.2 Å². The van der Waals surface area contributed by atoms with E-state index in [4.69, 9.17) is 14.2 Å². The number of ether oxygens (including phenoxy) is 3. The molecule has 1 aromatic carbocycles. The van der Waals surface area contributed by atoms with Crippen molar-refractivity contribution in [2.24, 2.45) is 0 Å². The molecule has 0 bridgehead atoms. The van der Waals surface area contributed by atoms with Crippen LogP contribution in [0.4, 0.5) is 0 Å². The molecule has 0 amide bonds. The van der Waals surface area contributed by atoms with Crippen molar-refractivity contribution in [3.8, 4) is 5.75 Å². The van der Waals surface area contributed by atoms with Gasteiger partial charge < -0.3 is 14.2 Å².